The summed E-state index contributed by atoms with van der Waals surface area (Å²) in [5.41, 5.74) is 0.635. The number of hydrogen-bond acceptors (Lipinski definition) is 6. The lowest BCUT2D eigenvalue weighted by atomic mass is 10.1. The molecular weight excluding hydrogens is 300 g/mol. The summed E-state index contributed by atoms with van der Waals surface area (Å²) >= 11 is 0. The number of rotatable bonds is 7. The summed E-state index contributed by atoms with van der Waals surface area (Å²) < 4.78 is 15.8. The van der Waals surface area contributed by atoms with Crippen molar-refractivity contribution in [1.29, 1.82) is 0 Å². The zero-order valence-corrected chi connectivity index (χ0v) is 14.7. The standard InChI is InChI=1S/C14H22O4.C3H8O2/c1-4-13(18-11(2)16-3)10-17-14(15)12-8-6-5-7-9-12;1-3(2,4)5/h6,8-9,11,13H,4-5,7,10H2,1-3H3;4-5H,1-2H3. The van der Waals surface area contributed by atoms with Gasteiger partial charge in [0.05, 0.1) is 11.7 Å². The van der Waals surface area contributed by atoms with Crippen LogP contribution in [-0.2, 0) is 19.0 Å². The third-order valence-electron chi connectivity index (χ3n) is 2.80. The minimum Gasteiger partial charge on any atom is -0.459 e. The molecule has 0 aromatic rings. The van der Waals surface area contributed by atoms with E-state index in [0.717, 1.165) is 19.3 Å². The van der Waals surface area contributed by atoms with E-state index in [1.165, 1.54) is 13.8 Å². The molecule has 0 heterocycles. The van der Waals surface area contributed by atoms with E-state index < -0.39 is 5.79 Å². The van der Waals surface area contributed by atoms with Crippen molar-refractivity contribution < 1.29 is 29.2 Å². The average Bonchev–Trinajstić information content (AvgIpc) is 2.50. The largest absolute Gasteiger partial charge is 0.459 e. The smallest absolute Gasteiger partial charge is 0.337 e. The summed E-state index contributed by atoms with van der Waals surface area (Å²) in [5.74, 6) is -1.78. The first kappa shape index (κ1) is 21.8. The van der Waals surface area contributed by atoms with Crippen molar-refractivity contribution in [2.45, 2.75) is 65.1 Å². The van der Waals surface area contributed by atoms with Crippen LogP contribution in [0.15, 0.2) is 23.8 Å². The minimum absolute atomic E-state index is 0.128. The molecule has 0 amide bonds. The molecule has 0 aliphatic heterocycles. The number of allylic oxidation sites excluding steroid dienone is 2. The van der Waals surface area contributed by atoms with Crippen LogP contribution in [0.1, 0.15) is 47.0 Å². The summed E-state index contributed by atoms with van der Waals surface area (Å²) in [4.78, 5) is 11.7. The molecule has 2 N–H and O–H groups in total. The van der Waals surface area contributed by atoms with Gasteiger partial charge in [-0.2, -0.15) is 0 Å². The van der Waals surface area contributed by atoms with E-state index in [-0.39, 0.29) is 25.0 Å². The molecule has 0 saturated carbocycles. The molecule has 1 aliphatic carbocycles. The van der Waals surface area contributed by atoms with Crippen LogP contribution < -0.4 is 0 Å². The molecule has 134 valence electrons. The number of carbonyl (C=O) groups excluding carboxylic acids is 1. The van der Waals surface area contributed by atoms with Crippen molar-refractivity contribution in [2.75, 3.05) is 13.7 Å². The highest BCUT2D eigenvalue weighted by Crippen LogP contribution is 2.12. The number of methoxy groups -OCH3 is 1. The van der Waals surface area contributed by atoms with Crippen molar-refractivity contribution in [3.05, 3.63) is 23.8 Å². The Balaban J connectivity index is 0.000000841. The molecule has 0 bridgehead atoms. The Morgan fingerprint density at radius 2 is 1.96 bits per heavy atom. The third-order valence-corrected chi connectivity index (χ3v) is 2.80. The van der Waals surface area contributed by atoms with Gasteiger partial charge in [0.1, 0.15) is 6.61 Å². The van der Waals surface area contributed by atoms with Gasteiger partial charge in [-0.3, -0.25) is 0 Å². The molecule has 2 atom stereocenters. The predicted octanol–water partition coefficient (Wildman–Crippen LogP) is 2.30. The summed E-state index contributed by atoms with van der Waals surface area (Å²) in [5, 5.41) is 16.2. The van der Waals surface area contributed by atoms with Gasteiger partial charge in [-0.05, 0) is 40.0 Å². The second-order valence-electron chi connectivity index (χ2n) is 5.70. The van der Waals surface area contributed by atoms with Gasteiger partial charge < -0.3 is 24.4 Å². The summed E-state index contributed by atoms with van der Waals surface area (Å²) in [6.45, 7) is 6.66. The van der Waals surface area contributed by atoms with Crippen LogP contribution in [0.4, 0.5) is 0 Å². The Labute approximate surface area is 138 Å². The Hall–Kier alpha value is -1.21. The van der Waals surface area contributed by atoms with Crippen LogP contribution in [0.2, 0.25) is 0 Å². The normalized spacial score (nSPS) is 16.7. The Bertz CT molecular complexity index is 388. The molecule has 23 heavy (non-hydrogen) atoms. The monoisotopic (exact) mass is 330 g/mol. The minimum atomic E-state index is -1.50. The van der Waals surface area contributed by atoms with Gasteiger partial charge in [0.2, 0.25) is 0 Å². The first-order valence-corrected chi connectivity index (χ1v) is 7.84. The topological polar surface area (TPSA) is 85.2 Å². The van der Waals surface area contributed by atoms with Crippen molar-refractivity contribution >= 4 is 5.97 Å². The molecule has 6 nitrogen and oxygen atoms in total. The van der Waals surface area contributed by atoms with Crippen LogP contribution in [0.5, 0.6) is 0 Å². The first-order chi connectivity index (χ1) is 10.7. The van der Waals surface area contributed by atoms with Crippen LogP contribution in [0, 0.1) is 0 Å². The van der Waals surface area contributed by atoms with E-state index in [9.17, 15) is 4.79 Å². The summed E-state index contributed by atoms with van der Waals surface area (Å²) in [7, 11) is 1.58. The molecule has 0 aromatic heterocycles. The number of ether oxygens (including phenoxy) is 3. The van der Waals surface area contributed by atoms with E-state index in [1.54, 1.807) is 7.11 Å². The van der Waals surface area contributed by atoms with Crippen LogP contribution >= 0.6 is 0 Å². The van der Waals surface area contributed by atoms with Crippen LogP contribution in [0.25, 0.3) is 0 Å². The van der Waals surface area contributed by atoms with Gasteiger partial charge in [-0.25, -0.2) is 4.79 Å². The van der Waals surface area contributed by atoms with Gasteiger partial charge in [-0.15, -0.1) is 0 Å². The van der Waals surface area contributed by atoms with Crippen molar-refractivity contribution in [3.8, 4) is 0 Å². The highest BCUT2D eigenvalue weighted by molar-refractivity contribution is 5.91. The number of hydrogen-bond donors (Lipinski definition) is 2. The fourth-order valence-electron chi connectivity index (χ4n) is 1.60. The SMILES string of the molecule is CC(C)(O)O.CCC(COC(=O)C1=CCCC=C1)OC(C)OC. The Kier molecular flexibility index (Phi) is 10.7. The number of carbonyl (C=O) groups is 1. The number of aliphatic hydroxyl groups is 2. The molecule has 1 aliphatic rings. The molecule has 0 saturated heterocycles. The molecule has 6 heteroatoms. The molecule has 0 spiro atoms. The van der Waals surface area contributed by atoms with Crippen LogP contribution in [-0.4, -0.2) is 48.1 Å². The molecule has 0 fully saturated rings. The Morgan fingerprint density at radius 3 is 2.39 bits per heavy atom. The maximum absolute atomic E-state index is 11.7. The van der Waals surface area contributed by atoms with Crippen molar-refractivity contribution in [3.63, 3.8) is 0 Å². The van der Waals surface area contributed by atoms with Gasteiger partial charge in [-0.1, -0.05) is 25.2 Å². The molecular formula is C17H30O6. The van der Waals surface area contributed by atoms with Crippen molar-refractivity contribution in [2.24, 2.45) is 0 Å². The van der Waals surface area contributed by atoms with Crippen LogP contribution in [0.3, 0.4) is 0 Å². The highest BCUT2D eigenvalue weighted by atomic mass is 16.7. The quantitative estimate of drug-likeness (QED) is 0.550. The lowest BCUT2D eigenvalue weighted by Crippen LogP contribution is -2.26. The van der Waals surface area contributed by atoms with Gasteiger partial charge in [0, 0.05) is 7.11 Å². The van der Waals surface area contributed by atoms with Crippen molar-refractivity contribution in [1.82, 2.24) is 0 Å². The Morgan fingerprint density at radius 1 is 1.35 bits per heavy atom. The fraction of sp³-hybridized carbons (Fsp3) is 0.706. The second-order valence-corrected chi connectivity index (χ2v) is 5.70. The lowest BCUT2D eigenvalue weighted by molar-refractivity contribution is -0.167. The highest BCUT2D eigenvalue weighted by Gasteiger charge is 2.15. The molecule has 0 radical (unpaired) electrons. The van der Waals surface area contributed by atoms with E-state index in [0.29, 0.717) is 5.57 Å². The summed E-state index contributed by atoms with van der Waals surface area (Å²) in [6, 6.07) is 0. The zero-order valence-electron chi connectivity index (χ0n) is 14.7. The maximum atomic E-state index is 11.7. The van der Waals surface area contributed by atoms with E-state index in [1.807, 2.05) is 32.1 Å². The molecule has 1 rings (SSSR count). The second kappa shape index (κ2) is 11.3. The average molecular weight is 330 g/mol. The van der Waals surface area contributed by atoms with E-state index in [4.69, 9.17) is 24.4 Å². The predicted molar refractivity (Wildman–Crippen MR) is 87.6 cm³/mol. The number of esters is 1. The van der Waals surface area contributed by atoms with Gasteiger partial charge >= 0.3 is 5.97 Å². The third kappa shape index (κ3) is 13.0. The fourth-order valence-corrected chi connectivity index (χ4v) is 1.60. The lowest BCUT2D eigenvalue weighted by Gasteiger charge is -2.20. The van der Waals surface area contributed by atoms with Gasteiger partial charge in [0.15, 0.2) is 12.1 Å². The van der Waals surface area contributed by atoms with E-state index >= 15 is 0 Å². The maximum Gasteiger partial charge on any atom is 0.337 e. The van der Waals surface area contributed by atoms with Gasteiger partial charge in [0.25, 0.3) is 0 Å². The first-order valence-electron chi connectivity index (χ1n) is 7.84. The summed E-state index contributed by atoms with van der Waals surface area (Å²) in [6.07, 6.45) is 7.94. The molecule has 0 aromatic carbocycles. The zero-order chi connectivity index (χ0) is 17.9. The molecule has 2 unspecified atom stereocenters. The van der Waals surface area contributed by atoms with E-state index in [2.05, 4.69) is 0 Å².